The Balaban J connectivity index is 1.91. The van der Waals surface area contributed by atoms with Crippen molar-refractivity contribution in [3.05, 3.63) is 29.3 Å². The minimum absolute atomic E-state index is 0.0549. The number of β-amino-alcohol motifs (C(OH)–C–C–N with tert-alkyl or cyclic N) is 1. The second-order valence-corrected chi connectivity index (χ2v) is 6.67. The number of carbonyl (C=O) groups is 1. The zero-order valence-corrected chi connectivity index (χ0v) is 14.5. The maximum absolute atomic E-state index is 11.9. The Hall–Kier alpha value is -1.39. The molecule has 0 aromatic heterocycles. The van der Waals surface area contributed by atoms with E-state index in [2.05, 4.69) is 26.1 Å². The Labute approximate surface area is 139 Å². The maximum atomic E-state index is 11.9. The first kappa shape index (κ1) is 18.0. The van der Waals surface area contributed by atoms with E-state index >= 15 is 0 Å². The van der Waals surface area contributed by atoms with Gasteiger partial charge < -0.3 is 15.2 Å². The molecule has 0 amide bonds. The zero-order valence-electron chi connectivity index (χ0n) is 14.5. The van der Waals surface area contributed by atoms with Gasteiger partial charge in [-0.2, -0.15) is 0 Å². The summed E-state index contributed by atoms with van der Waals surface area (Å²) in [6.45, 7) is 7.20. The predicted molar refractivity (Wildman–Crippen MR) is 92.2 cm³/mol. The molecule has 1 atom stereocenters. The summed E-state index contributed by atoms with van der Waals surface area (Å²) in [7, 11) is 0. The van der Waals surface area contributed by atoms with E-state index in [1.165, 1.54) is 0 Å². The monoisotopic (exact) mass is 319 g/mol. The van der Waals surface area contributed by atoms with Gasteiger partial charge in [0, 0.05) is 29.6 Å². The Morgan fingerprint density at radius 2 is 2.04 bits per heavy atom. The quantitative estimate of drug-likeness (QED) is 0.773. The number of ketones is 1. The van der Waals surface area contributed by atoms with Crippen molar-refractivity contribution in [2.24, 2.45) is 0 Å². The summed E-state index contributed by atoms with van der Waals surface area (Å²) >= 11 is 0. The first-order valence-electron chi connectivity index (χ1n) is 8.70. The molecule has 0 radical (unpaired) electrons. The van der Waals surface area contributed by atoms with E-state index in [1.54, 1.807) is 0 Å². The molecule has 1 aliphatic carbocycles. The number of fused-ring (bicyclic) bond motifs is 1. The van der Waals surface area contributed by atoms with Crippen LogP contribution in [0.3, 0.4) is 0 Å². The van der Waals surface area contributed by atoms with Crippen molar-refractivity contribution < 1.29 is 14.6 Å². The first-order valence-corrected chi connectivity index (χ1v) is 8.70. The molecular formula is C19H29NO3. The molecule has 2 N–H and O–H groups in total. The van der Waals surface area contributed by atoms with Gasteiger partial charge >= 0.3 is 0 Å². The number of aliphatic hydroxyl groups is 1. The van der Waals surface area contributed by atoms with E-state index in [1.807, 2.05) is 18.2 Å². The summed E-state index contributed by atoms with van der Waals surface area (Å²) in [4.78, 5) is 11.9. The van der Waals surface area contributed by atoms with Crippen LogP contribution in [0, 0.1) is 0 Å². The molecule has 1 aromatic carbocycles. The first-order chi connectivity index (χ1) is 11.0. The van der Waals surface area contributed by atoms with Gasteiger partial charge in [-0.3, -0.25) is 4.79 Å². The molecule has 0 aliphatic heterocycles. The van der Waals surface area contributed by atoms with E-state index in [-0.39, 0.29) is 17.9 Å². The molecule has 2 rings (SSSR count). The van der Waals surface area contributed by atoms with Gasteiger partial charge in [-0.05, 0) is 38.7 Å². The van der Waals surface area contributed by atoms with E-state index in [9.17, 15) is 9.90 Å². The van der Waals surface area contributed by atoms with Crippen molar-refractivity contribution in [1.82, 2.24) is 5.32 Å². The standard InChI is InChI=1S/C19H29NO3/c1-4-19(3,5-2)20-12-14(21)13-23-18-11-7-8-15-16(18)9-6-10-17(15)22/h7-8,11,14,20-21H,4-6,9-10,12-13H2,1-3H3. The van der Waals surface area contributed by atoms with Crippen molar-refractivity contribution >= 4 is 5.78 Å². The van der Waals surface area contributed by atoms with Crippen LogP contribution in [0.2, 0.25) is 0 Å². The van der Waals surface area contributed by atoms with Gasteiger partial charge in [0.2, 0.25) is 0 Å². The van der Waals surface area contributed by atoms with Crippen LogP contribution in [0.5, 0.6) is 5.75 Å². The Morgan fingerprint density at radius 3 is 2.74 bits per heavy atom. The second-order valence-electron chi connectivity index (χ2n) is 6.67. The molecule has 4 nitrogen and oxygen atoms in total. The van der Waals surface area contributed by atoms with Crippen LogP contribution in [-0.2, 0) is 6.42 Å². The fourth-order valence-corrected chi connectivity index (χ4v) is 2.89. The zero-order chi connectivity index (χ0) is 16.9. The average Bonchev–Trinajstić information content (AvgIpc) is 2.58. The fraction of sp³-hybridized carbons (Fsp3) is 0.632. The van der Waals surface area contributed by atoms with Crippen LogP contribution < -0.4 is 10.1 Å². The number of ether oxygens (including phenoxy) is 1. The Kier molecular flexibility index (Phi) is 6.19. The van der Waals surface area contributed by atoms with Gasteiger partial charge in [0.15, 0.2) is 5.78 Å². The Bertz CT molecular complexity index is 537. The predicted octanol–water partition coefficient (Wildman–Crippen LogP) is 3.11. The summed E-state index contributed by atoms with van der Waals surface area (Å²) in [6.07, 6.45) is 3.84. The highest BCUT2D eigenvalue weighted by Gasteiger charge is 2.22. The lowest BCUT2D eigenvalue weighted by Gasteiger charge is -2.29. The van der Waals surface area contributed by atoms with Crippen LogP contribution in [-0.4, -0.2) is 35.7 Å². The lowest BCUT2D eigenvalue weighted by Crippen LogP contribution is -2.46. The van der Waals surface area contributed by atoms with Gasteiger partial charge in [-0.15, -0.1) is 0 Å². The Morgan fingerprint density at radius 1 is 1.30 bits per heavy atom. The molecule has 0 fully saturated rings. The largest absolute Gasteiger partial charge is 0.491 e. The molecule has 0 heterocycles. The van der Waals surface area contributed by atoms with Crippen molar-refractivity contribution in [2.75, 3.05) is 13.2 Å². The normalized spacial score (nSPS) is 16.1. The van der Waals surface area contributed by atoms with Gasteiger partial charge in [0.25, 0.3) is 0 Å². The second kappa shape index (κ2) is 7.93. The number of nitrogens with one attached hydrogen (secondary N) is 1. The molecule has 0 saturated heterocycles. The van der Waals surface area contributed by atoms with Gasteiger partial charge in [0.05, 0.1) is 0 Å². The van der Waals surface area contributed by atoms with Gasteiger partial charge in [0.1, 0.15) is 18.5 Å². The third kappa shape index (κ3) is 4.55. The molecular weight excluding hydrogens is 290 g/mol. The van der Waals surface area contributed by atoms with E-state index in [0.29, 0.717) is 13.0 Å². The van der Waals surface area contributed by atoms with E-state index < -0.39 is 6.10 Å². The van der Waals surface area contributed by atoms with Gasteiger partial charge in [-0.1, -0.05) is 26.0 Å². The summed E-state index contributed by atoms with van der Waals surface area (Å²) in [5.74, 6) is 0.934. The number of Topliss-reactive ketones (excluding diaryl/α,β-unsaturated/α-hetero) is 1. The van der Waals surface area contributed by atoms with Gasteiger partial charge in [-0.25, -0.2) is 0 Å². The fourth-order valence-electron chi connectivity index (χ4n) is 2.89. The third-order valence-electron chi connectivity index (χ3n) is 5.02. The van der Waals surface area contributed by atoms with Crippen molar-refractivity contribution in [3.63, 3.8) is 0 Å². The highest BCUT2D eigenvalue weighted by molar-refractivity contribution is 5.99. The van der Waals surface area contributed by atoms with Crippen LogP contribution >= 0.6 is 0 Å². The molecule has 1 aromatic rings. The van der Waals surface area contributed by atoms with Crippen LogP contribution in [0.25, 0.3) is 0 Å². The number of rotatable bonds is 8. The number of hydrogen-bond acceptors (Lipinski definition) is 4. The van der Waals surface area contributed by atoms with Crippen molar-refractivity contribution in [1.29, 1.82) is 0 Å². The molecule has 1 aliphatic rings. The molecule has 1 unspecified atom stereocenters. The number of aliphatic hydroxyl groups excluding tert-OH is 1. The smallest absolute Gasteiger partial charge is 0.163 e. The lowest BCUT2D eigenvalue weighted by molar-refractivity contribution is 0.0943. The van der Waals surface area contributed by atoms with Crippen LogP contribution in [0.15, 0.2) is 18.2 Å². The van der Waals surface area contributed by atoms with Crippen LogP contribution in [0.4, 0.5) is 0 Å². The molecule has 0 bridgehead atoms. The highest BCUT2D eigenvalue weighted by Crippen LogP contribution is 2.29. The topological polar surface area (TPSA) is 58.6 Å². The van der Waals surface area contributed by atoms with Crippen LogP contribution in [0.1, 0.15) is 62.4 Å². The number of hydrogen-bond donors (Lipinski definition) is 2. The minimum Gasteiger partial charge on any atom is -0.491 e. The molecule has 0 saturated carbocycles. The summed E-state index contributed by atoms with van der Waals surface area (Å²) in [5.41, 5.74) is 1.83. The number of benzene rings is 1. The van der Waals surface area contributed by atoms with Crippen molar-refractivity contribution in [2.45, 2.75) is 64.5 Å². The molecule has 128 valence electrons. The van der Waals surface area contributed by atoms with Crippen molar-refractivity contribution in [3.8, 4) is 5.75 Å². The average molecular weight is 319 g/mol. The summed E-state index contributed by atoms with van der Waals surface area (Å²) in [6, 6.07) is 5.61. The molecule has 23 heavy (non-hydrogen) atoms. The summed E-state index contributed by atoms with van der Waals surface area (Å²) in [5, 5.41) is 13.6. The number of carbonyl (C=O) groups excluding carboxylic acids is 1. The third-order valence-corrected chi connectivity index (χ3v) is 5.02. The van der Waals surface area contributed by atoms with E-state index in [0.717, 1.165) is 42.6 Å². The minimum atomic E-state index is -0.567. The SMILES string of the molecule is CCC(C)(CC)NCC(O)COc1cccc2c1CCCC2=O. The molecule has 4 heteroatoms. The summed E-state index contributed by atoms with van der Waals surface area (Å²) < 4.78 is 5.80. The molecule has 0 spiro atoms. The van der Waals surface area contributed by atoms with E-state index in [4.69, 9.17) is 4.74 Å². The highest BCUT2D eigenvalue weighted by atomic mass is 16.5. The maximum Gasteiger partial charge on any atom is 0.163 e. The lowest BCUT2D eigenvalue weighted by atomic mass is 9.90.